The highest BCUT2D eigenvalue weighted by atomic mass is 31.1. The van der Waals surface area contributed by atoms with E-state index in [1.807, 2.05) is 30.3 Å². The second-order valence-electron chi connectivity index (χ2n) is 7.03. The van der Waals surface area contributed by atoms with Gasteiger partial charge in [-0.1, -0.05) is 127 Å². The Hall–Kier alpha value is -0.390. The van der Waals surface area contributed by atoms with Crippen molar-refractivity contribution in [3.05, 3.63) is 30.3 Å². The van der Waals surface area contributed by atoms with Gasteiger partial charge in [0.1, 0.15) is 0 Å². The van der Waals surface area contributed by atoms with Gasteiger partial charge >= 0.3 is 0 Å². The van der Waals surface area contributed by atoms with Crippen molar-refractivity contribution in [2.24, 2.45) is 0 Å². The molecule has 1 aromatic rings. The lowest BCUT2D eigenvalue weighted by Crippen LogP contribution is -2.12. The highest BCUT2D eigenvalue weighted by Gasteiger charge is 1.98. The molecule has 24 heavy (non-hydrogen) atoms. The molecule has 0 amide bonds. The van der Waals surface area contributed by atoms with Crippen LogP contribution in [0.1, 0.15) is 96.8 Å². The van der Waals surface area contributed by atoms with E-state index in [1.54, 1.807) is 0 Å². The smallest absolute Gasteiger partial charge is 0.0399 e. The summed E-state index contributed by atoms with van der Waals surface area (Å²) in [6.45, 7) is 2.28. The third kappa shape index (κ3) is 12.0. The average molecular weight is 350 g/mol. The minimum absolute atomic E-state index is 0.859. The van der Waals surface area contributed by atoms with Crippen molar-refractivity contribution >= 4 is 13.5 Å². The Morgan fingerprint density at radius 3 is 1.50 bits per heavy atom. The van der Waals surface area contributed by atoms with Crippen LogP contribution in [0, 0.1) is 0 Å². The van der Waals surface area contributed by atoms with E-state index < -0.39 is 8.15 Å². The van der Waals surface area contributed by atoms with Crippen molar-refractivity contribution in [1.29, 1.82) is 0 Å². The number of unbranched alkanes of at least 4 members (excludes halogenated alkanes) is 13. The third-order valence-electron chi connectivity index (χ3n) is 4.76. The average Bonchev–Trinajstić information content (AvgIpc) is 2.62. The summed E-state index contributed by atoms with van der Waals surface area (Å²) < 4.78 is 0. The van der Waals surface area contributed by atoms with Gasteiger partial charge in [-0.3, -0.25) is 0 Å². The molecular formula is C22H38OP-. The highest BCUT2D eigenvalue weighted by Crippen LogP contribution is 2.25. The summed E-state index contributed by atoms with van der Waals surface area (Å²) in [4.78, 5) is 12.1. The molecule has 0 aliphatic carbocycles. The lowest BCUT2D eigenvalue weighted by molar-refractivity contribution is -0.156. The van der Waals surface area contributed by atoms with Gasteiger partial charge in [-0.15, -0.1) is 0 Å². The maximum atomic E-state index is 12.1. The van der Waals surface area contributed by atoms with Crippen LogP contribution in [-0.2, 0) is 0 Å². The van der Waals surface area contributed by atoms with Crippen molar-refractivity contribution in [2.75, 3.05) is 6.16 Å². The SMILES string of the molecule is CCCCCCCCCCCCCCCCP([O-])c1ccccc1. The van der Waals surface area contributed by atoms with Crippen molar-refractivity contribution in [3.8, 4) is 0 Å². The monoisotopic (exact) mass is 349 g/mol. The van der Waals surface area contributed by atoms with Crippen LogP contribution in [0.2, 0.25) is 0 Å². The van der Waals surface area contributed by atoms with Gasteiger partial charge in [0, 0.05) is 0 Å². The van der Waals surface area contributed by atoms with Crippen molar-refractivity contribution in [2.45, 2.75) is 96.8 Å². The molecule has 0 aliphatic rings. The summed E-state index contributed by atoms with van der Waals surface area (Å²) in [5.74, 6) is 0. The van der Waals surface area contributed by atoms with Gasteiger partial charge in [0.05, 0.1) is 0 Å². The molecule has 138 valence electrons. The Bertz CT molecular complexity index is 365. The molecule has 0 heterocycles. The largest absolute Gasteiger partial charge is 0.826 e. The lowest BCUT2D eigenvalue weighted by Gasteiger charge is -2.23. The molecule has 1 unspecified atom stereocenters. The second kappa shape index (κ2) is 16.1. The van der Waals surface area contributed by atoms with E-state index in [1.165, 1.54) is 83.5 Å². The molecule has 0 bridgehead atoms. The molecule has 1 nitrogen and oxygen atoms in total. The molecule has 1 atom stereocenters. The fourth-order valence-electron chi connectivity index (χ4n) is 3.17. The first kappa shape index (κ1) is 21.7. The van der Waals surface area contributed by atoms with Crippen LogP contribution in [0.3, 0.4) is 0 Å². The fraction of sp³-hybridized carbons (Fsp3) is 0.727. The van der Waals surface area contributed by atoms with Crippen LogP contribution in [0.15, 0.2) is 30.3 Å². The van der Waals surface area contributed by atoms with Crippen LogP contribution in [-0.4, -0.2) is 6.16 Å². The highest BCUT2D eigenvalue weighted by molar-refractivity contribution is 7.58. The predicted molar refractivity (Wildman–Crippen MR) is 108 cm³/mol. The van der Waals surface area contributed by atoms with E-state index in [4.69, 9.17) is 0 Å². The molecule has 0 aromatic heterocycles. The van der Waals surface area contributed by atoms with Gasteiger partial charge in [-0.05, 0) is 11.5 Å². The number of rotatable bonds is 16. The third-order valence-corrected chi connectivity index (χ3v) is 6.36. The summed E-state index contributed by atoms with van der Waals surface area (Å²) in [6.07, 6.45) is 20.1. The molecule has 1 aromatic carbocycles. The minimum Gasteiger partial charge on any atom is -0.826 e. The quantitative estimate of drug-likeness (QED) is 0.245. The molecule has 0 fully saturated rings. The maximum absolute atomic E-state index is 12.1. The fourth-order valence-corrected chi connectivity index (χ4v) is 4.45. The topological polar surface area (TPSA) is 23.1 Å². The second-order valence-corrected chi connectivity index (χ2v) is 8.75. The predicted octanol–water partition coefficient (Wildman–Crippen LogP) is 6.55. The zero-order valence-electron chi connectivity index (χ0n) is 15.8. The minimum atomic E-state index is -1.17. The van der Waals surface area contributed by atoms with Crippen LogP contribution >= 0.6 is 8.15 Å². The van der Waals surface area contributed by atoms with Gasteiger partial charge in [0.25, 0.3) is 0 Å². The van der Waals surface area contributed by atoms with E-state index in [0.29, 0.717) is 0 Å². The first-order chi connectivity index (χ1) is 11.8. The van der Waals surface area contributed by atoms with Crippen LogP contribution in [0.5, 0.6) is 0 Å². The molecule has 0 saturated carbocycles. The first-order valence-corrected chi connectivity index (χ1v) is 11.8. The zero-order valence-corrected chi connectivity index (χ0v) is 16.7. The molecule has 0 spiro atoms. The van der Waals surface area contributed by atoms with E-state index in [9.17, 15) is 4.89 Å². The van der Waals surface area contributed by atoms with Crippen molar-refractivity contribution in [3.63, 3.8) is 0 Å². The molecular weight excluding hydrogens is 311 g/mol. The summed E-state index contributed by atoms with van der Waals surface area (Å²) in [6, 6.07) is 9.92. The Kier molecular flexibility index (Phi) is 14.5. The van der Waals surface area contributed by atoms with Gasteiger partial charge < -0.3 is 4.89 Å². The Morgan fingerprint density at radius 1 is 0.625 bits per heavy atom. The van der Waals surface area contributed by atoms with Crippen LogP contribution < -0.4 is 10.2 Å². The number of benzene rings is 1. The lowest BCUT2D eigenvalue weighted by atomic mass is 10.0. The number of hydrogen-bond donors (Lipinski definition) is 0. The van der Waals surface area contributed by atoms with Gasteiger partial charge in [-0.2, -0.15) is 8.15 Å². The van der Waals surface area contributed by atoms with Crippen molar-refractivity contribution < 1.29 is 4.89 Å². The Balaban J connectivity index is 1.79. The van der Waals surface area contributed by atoms with E-state index in [0.717, 1.165) is 17.9 Å². The maximum Gasteiger partial charge on any atom is -0.0399 e. The van der Waals surface area contributed by atoms with Gasteiger partial charge in [0.2, 0.25) is 0 Å². The van der Waals surface area contributed by atoms with E-state index in [-0.39, 0.29) is 0 Å². The van der Waals surface area contributed by atoms with Gasteiger partial charge in [0.15, 0.2) is 0 Å². The summed E-state index contributed by atoms with van der Waals surface area (Å²) >= 11 is 0. The molecule has 1 rings (SSSR count). The molecule has 0 saturated heterocycles. The Labute approximate surface area is 152 Å². The summed E-state index contributed by atoms with van der Waals surface area (Å²) in [7, 11) is -1.17. The normalized spacial score (nSPS) is 12.4. The molecule has 2 heteroatoms. The molecule has 0 radical (unpaired) electrons. The molecule has 0 N–H and O–H groups in total. The van der Waals surface area contributed by atoms with E-state index in [2.05, 4.69) is 6.92 Å². The zero-order chi connectivity index (χ0) is 17.3. The van der Waals surface area contributed by atoms with Crippen LogP contribution in [0.4, 0.5) is 0 Å². The Morgan fingerprint density at radius 2 is 1.04 bits per heavy atom. The standard InChI is InChI=1S/C22H38OP/c1-2-3-4-5-6-7-8-9-10-11-12-13-14-18-21-24(23)22-19-16-15-17-20-22/h15-17,19-20H,2-14,18,21H2,1H3/q-1. The summed E-state index contributed by atoms with van der Waals surface area (Å²) in [5, 5.41) is 1.02. The van der Waals surface area contributed by atoms with E-state index >= 15 is 0 Å². The number of hydrogen-bond acceptors (Lipinski definition) is 1. The van der Waals surface area contributed by atoms with Gasteiger partial charge in [-0.25, -0.2) is 0 Å². The van der Waals surface area contributed by atoms with Crippen LogP contribution in [0.25, 0.3) is 0 Å². The molecule has 0 aliphatic heterocycles. The first-order valence-electron chi connectivity index (χ1n) is 10.3. The van der Waals surface area contributed by atoms with Crippen molar-refractivity contribution in [1.82, 2.24) is 0 Å². The summed E-state index contributed by atoms with van der Waals surface area (Å²) in [5.41, 5.74) is 0.